The van der Waals surface area contributed by atoms with Crippen LogP contribution in [-0.4, -0.2) is 47.5 Å². The molecule has 0 saturated carbocycles. The number of hydrogen-bond acceptors (Lipinski definition) is 6. The zero-order valence-corrected chi connectivity index (χ0v) is 14.0. The number of amides is 1. The maximum absolute atomic E-state index is 12.4. The first-order valence-electron chi connectivity index (χ1n) is 7.40. The highest BCUT2D eigenvalue weighted by atomic mass is 32.1. The summed E-state index contributed by atoms with van der Waals surface area (Å²) < 4.78 is 0. The molecule has 2 atom stereocenters. The van der Waals surface area contributed by atoms with E-state index < -0.39 is 0 Å². The molecule has 7 heteroatoms. The number of nitrogen functional groups attached to an aromatic ring is 1. The minimum absolute atomic E-state index is 0.108. The molecule has 0 aromatic carbocycles. The van der Waals surface area contributed by atoms with Crippen molar-refractivity contribution in [2.24, 2.45) is 0 Å². The van der Waals surface area contributed by atoms with Crippen molar-refractivity contribution in [3.8, 4) is 0 Å². The van der Waals surface area contributed by atoms with Gasteiger partial charge < -0.3 is 21.3 Å². The van der Waals surface area contributed by atoms with Crippen LogP contribution in [0, 0.1) is 0 Å². The van der Waals surface area contributed by atoms with Crippen molar-refractivity contribution in [2.75, 3.05) is 24.6 Å². The number of nitrogens with two attached hydrogens (primary N) is 1. The van der Waals surface area contributed by atoms with Crippen LogP contribution in [0.2, 0.25) is 0 Å². The topological polar surface area (TPSA) is 83.3 Å². The van der Waals surface area contributed by atoms with E-state index in [0.29, 0.717) is 21.9 Å². The second kappa shape index (κ2) is 6.62. The minimum atomic E-state index is -0.108. The molecule has 0 spiro atoms. The molecule has 1 saturated heterocycles. The number of rotatable bonds is 4. The van der Waals surface area contributed by atoms with E-state index in [1.807, 2.05) is 13.8 Å². The summed E-state index contributed by atoms with van der Waals surface area (Å²) in [6, 6.07) is 0.967. The van der Waals surface area contributed by atoms with Crippen molar-refractivity contribution in [3.63, 3.8) is 0 Å². The van der Waals surface area contributed by atoms with E-state index in [2.05, 4.69) is 34.5 Å². The summed E-state index contributed by atoms with van der Waals surface area (Å²) in [5, 5.41) is 6.97. The molecule has 2 rings (SSSR count). The molecule has 118 valence electrons. The molecule has 1 aliphatic rings. The van der Waals surface area contributed by atoms with Crippen molar-refractivity contribution >= 4 is 28.2 Å². The van der Waals surface area contributed by atoms with Crippen molar-refractivity contribution in [3.05, 3.63) is 4.88 Å². The maximum atomic E-state index is 12.4. The lowest BCUT2D eigenvalue weighted by atomic mass is 9.99. The molecule has 2 unspecified atom stereocenters. The number of nitrogens with one attached hydrogen (secondary N) is 2. The lowest BCUT2D eigenvalue weighted by molar-refractivity contribution is 0.0901. The van der Waals surface area contributed by atoms with Gasteiger partial charge in [0.2, 0.25) is 0 Å². The van der Waals surface area contributed by atoms with Crippen molar-refractivity contribution < 1.29 is 4.79 Å². The van der Waals surface area contributed by atoms with Gasteiger partial charge in [-0.3, -0.25) is 4.79 Å². The third kappa shape index (κ3) is 4.07. The molecule has 4 N–H and O–H groups in total. The molecular weight excluding hydrogens is 286 g/mol. The molecule has 1 aromatic rings. The van der Waals surface area contributed by atoms with Gasteiger partial charge in [-0.2, -0.15) is 0 Å². The second-order valence-corrected chi connectivity index (χ2v) is 7.06. The Labute approximate surface area is 130 Å². The van der Waals surface area contributed by atoms with E-state index in [0.717, 1.165) is 19.4 Å². The van der Waals surface area contributed by atoms with Crippen LogP contribution in [0.1, 0.15) is 43.3 Å². The lowest BCUT2D eigenvalue weighted by Gasteiger charge is -2.35. The molecule has 1 aromatic heterocycles. The first-order chi connectivity index (χ1) is 9.86. The van der Waals surface area contributed by atoms with Crippen LogP contribution in [0.4, 0.5) is 10.9 Å². The van der Waals surface area contributed by atoms with Gasteiger partial charge >= 0.3 is 0 Å². The Morgan fingerprint density at radius 2 is 2.24 bits per heavy atom. The predicted molar refractivity (Wildman–Crippen MR) is 87.9 cm³/mol. The molecule has 0 aliphatic carbocycles. The lowest BCUT2D eigenvalue weighted by Crippen LogP contribution is -2.47. The van der Waals surface area contributed by atoms with Gasteiger partial charge in [0.25, 0.3) is 5.91 Å². The molecule has 0 radical (unpaired) electrons. The Hall–Kier alpha value is -1.34. The third-order valence-electron chi connectivity index (χ3n) is 3.82. The highest BCUT2D eigenvalue weighted by molar-refractivity contribution is 7.18. The number of piperidine rings is 1. The Morgan fingerprint density at radius 1 is 1.52 bits per heavy atom. The van der Waals surface area contributed by atoms with E-state index >= 15 is 0 Å². The summed E-state index contributed by atoms with van der Waals surface area (Å²) in [5.41, 5.74) is 5.86. The fourth-order valence-electron chi connectivity index (χ4n) is 2.47. The molecule has 0 bridgehead atoms. The highest BCUT2D eigenvalue weighted by Crippen LogP contribution is 2.26. The van der Waals surface area contributed by atoms with E-state index in [1.54, 1.807) is 0 Å². The van der Waals surface area contributed by atoms with Gasteiger partial charge in [0, 0.05) is 24.7 Å². The fourth-order valence-corrected chi connectivity index (χ4v) is 3.41. The van der Waals surface area contributed by atoms with Gasteiger partial charge in [-0.25, -0.2) is 4.98 Å². The molecule has 21 heavy (non-hydrogen) atoms. The fraction of sp³-hybridized carbons (Fsp3) is 0.714. The van der Waals surface area contributed by atoms with E-state index in [9.17, 15) is 4.79 Å². The summed E-state index contributed by atoms with van der Waals surface area (Å²) in [6.07, 6.45) is 1.94. The largest absolute Gasteiger partial charge is 0.382 e. The Kier molecular flexibility index (Phi) is 5.05. The Bertz CT molecular complexity index is 502. The number of likely N-dealkylation sites (tertiary alicyclic amines) is 1. The average Bonchev–Trinajstić information content (AvgIpc) is 2.74. The van der Waals surface area contributed by atoms with E-state index in [-0.39, 0.29) is 18.0 Å². The number of carbonyl (C=O) groups is 1. The van der Waals surface area contributed by atoms with Gasteiger partial charge in [0.1, 0.15) is 10.7 Å². The Morgan fingerprint density at radius 3 is 2.86 bits per heavy atom. The monoisotopic (exact) mass is 311 g/mol. The molecule has 2 heterocycles. The normalized spacial score (nSPS) is 23.3. The van der Waals surface area contributed by atoms with E-state index in [4.69, 9.17) is 5.73 Å². The van der Waals surface area contributed by atoms with Crippen LogP contribution in [0.25, 0.3) is 0 Å². The van der Waals surface area contributed by atoms with Crippen LogP contribution < -0.4 is 16.4 Å². The first-order valence-corrected chi connectivity index (χ1v) is 8.22. The SMILES string of the molecule is CC(C)Nc1nc(N)c(C(=O)NC2CCN(C)C(C)C2)s1. The molecule has 1 fully saturated rings. The van der Waals surface area contributed by atoms with Crippen molar-refractivity contribution in [2.45, 2.75) is 51.7 Å². The summed E-state index contributed by atoms with van der Waals surface area (Å²) >= 11 is 1.32. The standard InChI is InChI=1S/C14H25N5OS/c1-8(2)16-14-18-12(15)11(21-14)13(20)17-10-5-6-19(4)9(3)7-10/h8-10H,5-7,15H2,1-4H3,(H,16,18)(H,17,20). The summed E-state index contributed by atoms with van der Waals surface area (Å²) in [6.45, 7) is 7.24. The number of thiazole rings is 1. The van der Waals surface area contributed by atoms with Gasteiger partial charge in [-0.1, -0.05) is 11.3 Å². The minimum Gasteiger partial charge on any atom is -0.382 e. The van der Waals surface area contributed by atoms with Gasteiger partial charge in [-0.05, 0) is 40.7 Å². The molecular formula is C14H25N5OS. The van der Waals surface area contributed by atoms with Crippen LogP contribution in [0.15, 0.2) is 0 Å². The number of carbonyl (C=O) groups excluding carboxylic acids is 1. The second-order valence-electron chi connectivity index (χ2n) is 6.06. The predicted octanol–water partition coefficient (Wildman–Crippen LogP) is 1.76. The number of nitrogens with zero attached hydrogens (tertiary/aromatic N) is 2. The summed E-state index contributed by atoms with van der Waals surface area (Å²) in [7, 11) is 2.12. The Balaban J connectivity index is 1.98. The highest BCUT2D eigenvalue weighted by Gasteiger charge is 2.26. The summed E-state index contributed by atoms with van der Waals surface area (Å²) in [5.74, 6) is 0.199. The molecule has 1 amide bonds. The maximum Gasteiger partial charge on any atom is 0.265 e. The van der Waals surface area contributed by atoms with Crippen LogP contribution >= 0.6 is 11.3 Å². The number of anilines is 2. The molecule has 6 nitrogen and oxygen atoms in total. The van der Waals surface area contributed by atoms with E-state index in [1.165, 1.54) is 11.3 Å². The number of hydrogen-bond donors (Lipinski definition) is 3. The van der Waals surface area contributed by atoms with Gasteiger partial charge in [-0.15, -0.1) is 0 Å². The van der Waals surface area contributed by atoms with Crippen LogP contribution in [-0.2, 0) is 0 Å². The number of aromatic nitrogens is 1. The zero-order chi connectivity index (χ0) is 15.6. The van der Waals surface area contributed by atoms with Crippen LogP contribution in [0.3, 0.4) is 0 Å². The summed E-state index contributed by atoms with van der Waals surface area (Å²) in [4.78, 5) is 19.4. The molecule has 1 aliphatic heterocycles. The smallest absolute Gasteiger partial charge is 0.265 e. The zero-order valence-electron chi connectivity index (χ0n) is 13.1. The van der Waals surface area contributed by atoms with Crippen molar-refractivity contribution in [1.82, 2.24) is 15.2 Å². The quantitative estimate of drug-likeness (QED) is 0.789. The first kappa shape index (κ1) is 16.0. The van der Waals surface area contributed by atoms with Gasteiger partial charge in [0.05, 0.1) is 0 Å². The third-order valence-corrected chi connectivity index (χ3v) is 4.82. The van der Waals surface area contributed by atoms with Gasteiger partial charge in [0.15, 0.2) is 5.13 Å². The van der Waals surface area contributed by atoms with Crippen LogP contribution in [0.5, 0.6) is 0 Å². The average molecular weight is 311 g/mol. The van der Waals surface area contributed by atoms with Crippen molar-refractivity contribution in [1.29, 1.82) is 0 Å².